The van der Waals surface area contributed by atoms with Crippen LogP contribution in [0, 0.1) is 17.2 Å². The first-order valence-electron chi connectivity index (χ1n) is 6.63. The van der Waals surface area contributed by atoms with Crippen LogP contribution in [0.5, 0.6) is 5.75 Å². The van der Waals surface area contributed by atoms with Crippen molar-refractivity contribution in [3.05, 3.63) is 29.8 Å². The number of nitriles is 1. The molecule has 0 spiro atoms. The van der Waals surface area contributed by atoms with Gasteiger partial charge in [0.1, 0.15) is 18.5 Å². The maximum atomic E-state index is 9.75. The highest BCUT2D eigenvalue weighted by Gasteiger charge is 2.05. The van der Waals surface area contributed by atoms with Crippen LogP contribution in [-0.2, 0) is 0 Å². The molecule has 0 saturated carbocycles. The first-order valence-corrected chi connectivity index (χ1v) is 6.63. The second-order valence-electron chi connectivity index (χ2n) is 4.99. The maximum Gasteiger partial charge on any atom is 0.120 e. The number of rotatable bonds is 8. The Hall–Kier alpha value is -1.57. The van der Waals surface area contributed by atoms with Crippen molar-refractivity contribution in [3.63, 3.8) is 0 Å². The largest absolute Gasteiger partial charge is 0.491 e. The predicted octanol–water partition coefficient (Wildman–Crippen LogP) is 1.93. The highest BCUT2D eigenvalue weighted by Crippen LogP contribution is 2.12. The Morgan fingerprint density at radius 3 is 2.89 bits per heavy atom. The fourth-order valence-electron chi connectivity index (χ4n) is 1.57. The number of nitrogens with one attached hydrogen (secondary N) is 1. The van der Waals surface area contributed by atoms with Gasteiger partial charge in [-0.2, -0.15) is 5.26 Å². The molecule has 1 unspecified atom stereocenters. The Bertz CT molecular complexity index is 413. The zero-order valence-electron chi connectivity index (χ0n) is 11.6. The predicted molar refractivity (Wildman–Crippen MR) is 75.0 cm³/mol. The summed E-state index contributed by atoms with van der Waals surface area (Å²) in [5, 5.41) is 21.7. The van der Waals surface area contributed by atoms with Crippen molar-refractivity contribution in [2.45, 2.75) is 26.4 Å². The summed E-state index contributed by atoms with van der Waals surface area (Å²) in [6, 6.07) is 8.98. The van der Waals surface area contributed by atoms with E-state index in [0.29, 0.717) is 23.8 Å². The zero-order chi connectivity index (χ0) is 14.1. The highest BCUT2D eigenvalue weighted by atomic mass is 16.5. The lowest BCUT2D eigenvalue weighted by atomic mass is 10.1. The van der Waals surface area contributed by atoms with Crippen LogP contribution < -0.4 is 10.1 Å². The number of aliphatic hydroxyl groups is 1. The van der Waals surface area contributed by atoms with Crippen molar-refractivity contribution in [1.29, 1.82) is 5.26 Å². The molecule has 4 heteroatoms. The Morgan fingerprint density at radius 2 is 2.21 bits per heavy atom. The van der Waals surface area contributed by atoms with Crippen molar-refractivity contribution in [2.75, 3.05) is 19.7 Å². The van der Waals surface area contributed by atoms with Crippen LogP contribution in [-0.4, -0.2) is 30.9 Å². The summed E-state index contributed by atoms with van der Waals surface area (Å²) in [5.74, 6) is 1.27. The number of hydrogen-bond acceptors (Lipinski definition) is 4. The van der Waals surface area contributed by atoms with Crippen LogP contribution in [0.15, 0.2) is 24.3 Å². The molecule has 104 valence electrons. The van der Waals surface area contributed by atoms with E-state index in [1.807, 2.05) is 0 Å². The first-order chi connectivity index (χ1) is 9.11. The topological polar surface area (TPSA) is 65.3 Å². The molecule has 2 N–H and O–H groups in total. The van der Waals surface area contributed by atoms with Crippen LogP contribution in [0.2, 0.25) is 0 Å². The normalized spacial score (nSPS) is 12.2. The molecule has 19 heavy (non-hydrogen) atoms. The summed E-state index contributed by atoms with van der Waals surface area (Å²) in [6.45, 7) is 5.99. The van der Waals surface area contributed by atoms with E-state index in [1.165, 1.54) is 0 Å². The lowest BCUT2D eigenvalue weighted by Gasteiger charge is -2.14. The smallest absolute Gasteiger partial charge is 0.120 e. The number of benzene rings is 1. The molecule has 0 aromatic heterocycles. The first kappa shape index (κ1) is 15.5. The Kier molecular flexibility index (Phi) is 6.94. The molecule has 1 aromatic rings. The van der Waals surface area contributed by atoms with Gasteiger partial charge in [0, 0.05) is 6.54 Å². The molecule has 1 rings (SSSR count). The van der Waals surface area contributed by atoms with E-state index in [2.05, 4.69) is 25.2 Å². The van der Waals surface area contributed by atoms with Gasteiger partial charge in [0.25, 0.3) is 0 Å². The zero-order valence-corrected chi connectivity index (χ0v) is 11.6. The summed E-state index contributed by atoms with van der Waals surface area (Å²) in [7, 11) is 0. The molecule has 0 fully saturated rings. The van der Waals surface area contributed by atoms with Gasteiger partial charge in [-0.3, -0.25) is 0 Å². The van der Waals surface area contributed by atoms with Crippen LogP contribution >= 0.6 is 0 Å². The molecule has 0 saturated heterocycles. The molecule has 0 aliphatic heterocycles. The third-order valence-electron chi connectivity index (χ3n) is 2.68. The fourth-order valence-corrected chi connectivity index (χ4v) is 1.57. The second kappa shape index (κ2) is 8.52. The van der Waals surface area contributed by atoms with Crippen LogP contribution in [0.3, 0.4) is 0 Å². The van der Waals surface area contributed by atoms with Gasteiger partial charge in [-0.25, -0.2) is 0 Å². The molecular weight excluding hydrogens is 240 g/mol. The summed E-state index contributed by atoms with van der Waals surface area (Å²) in [4.78, 5) is 0. The van der Waals surface area contributed by atoms with Crippen molar-refractivity contribution in [3.8, 4) is 11.8 Å². The molecule has 0 heterocycles. The third-order valence-corrected chi connectivity index (χ3v) is 2.68. The van der Waals surface area contributed by atoms with Crippen molar-refractivity contribution in [2.24, 2.45) is 5.92 Å². The molecule has 1 atom stereocenters. The molecule has 4 nitrogen and oxygen atoms in total. The molecular formula is C15H22N2O2. The Labute approximate surface area is 115 Å². The Balaban J connectivity index is 2.22. The van der Waals surface area contributed by atoms with E-state index in [0.717, 1.165) is 13.0 Å². The minimum Gasteiger partial charge on any atom is -0.491 e. The van der Waals surface area contributed by atoms with E-state index < -0.39 is 6.10 Å². The molecule has 0 radical (unpaired) electrons. The van der Waals surface area contributed by atoms with Gasteiger partial charge in [0.15, 0.2) is 0 Å². The van der Waals surface area contributed by atoms with E-state index in [1.54, 1.807) is 24.3 Å². The van der Waals surface area contributed by atoms with Gasteiger partial charge in [0.2, 0.25) is 0 Å². The van der Waals surface area contributed by atoms with Gasteiger partial charge >= 0.3 is 0 Å². The van der Waals surface area contributed by atoms with E-state index >= 15 is 0 Å². The van der Waals surface area contributed by atoms with Crippen molar-refractivity contribution >= 4 is 0 Å². The summed E-state index contributed by atoms with van der Waals surface area (Å²) < 4.78 is 5.45. The Morgan fingerprint density at radius 1 is 1.42 bits per heavy atom. The van der Waals surface area contributed by atoms with Crippen LogP contribution in [0.1, 0.15) is 25.8 Å². The minimum absolute atomic E-state index is 0.226. The monoisotopic (exact) mass is 262 g/mol. The van der Waals surface area contributed by atoms with E-state index in [9.17, 15) is 5.11 Å². The maximum absolute atomic E-state index is 9.75. The average molecular weight is 262 g/mol. The van der Waals surface area contributed by atoms with Crippen molar-refractivity contribution in [1.82, 2.24) is 5.32 Å². The fraction of sp³-hybridized carbons (Fsp3) is 0.533. The number of ether oxygens (including phenoxy) is 1. The highest BCUT2D eigenvalue weighted by molar-refractivity contribution is 5.36. The summed E-state index contributed by atoms with van der Waals surface area (Å²) in [5.41, 5.74) is 0.557. The van der Waals surface area contributed by atoms with Gasteiger partial charge in [0.05, 0.1) is 11.6 Å². The third kappa shape index (κ3) is 6.80. The quantitative estimate of drug-likeness (QED) is 0.703. The van der Waals surface area contributed by atoms with Gasteiger partial charge in [-0.1, -0.05) is 19.9 Å². The SMILES string of the molecule is CC(C)CCNCC(O)COc1cccc(C#N)c1. The van der Waals surface area contributed by atoms with Gasteiger partial charge < -0.3 is 15.2 Å². The van der Waals surface area contributed by atoms with E-state index in [4.69, 9.17) is 10.00 Å². The summed E-state index contributed by atoms with van der Waals surface area (Å²) >= 11 is 0. The molecule has 1 aromatic carbocycles. The average Bonchev–Trinajstić information content (AvgIpc) is 2.41. The van der Waals surface area contributed by atoms with E-state index in [-0.39, 0.29) is 6.61 Å². The van der Waals surface area contributed by atoms with Crippen LogP contribution in [0.25, 0.3) is 0 Å². The summed E-state index contributed by atoms with van der Waals surface area (Å²) in [6.07, 6.45) is 0.551. The standard InChI is InChI=1S/C15H22N2O2/c1-12(2)6-7-17-10-14(18)11-19-15-5-3-4-13(8-15)9-16/h3-5,8,12,14,17-18H,6-7,10-11H2,1-2H3. The second-order valence-corrected chi connectivity index (χ2v) is 4.99. The molecule has 0 aliphatic carbocycles. The lowest BCUT2D eigenvalue weighted by Crippen LogP contribution is -2.32. The molecule has 0 bridgehead atoms. The van der Waals surface area contributed by atoms with Crippen LogP contribution in [0.4, 0.5) is 0 Å². The number of nitrogens with zero attached hydrogens (tertiary/aromatic N) is 1. The van der Waals surface area contributed by atoms with Crippen molar-refractivity contribution < 1.29 is 9.84 Å². The van der Waals surface area contributed by atoms with Gasteiger partial charge in [-0.15, -0.1) is 0 Å². The molecule has 0 aliphatic rings. The number of hydrogen-bond donors (Lipinski definition) is 2. The number of aliphatic hydroxyl groups excluding tert-OH is 1. The minimum atomic E-state index is -0.544. The lowest BCUT2D eigenvalue weighted by molar-refractivity contribution is 0.106. The van der Waals surface area contributed by atoms with Gasteiger partial charge in [-0.05, 0) is 37.1 Å². The molecule has 0 amide bonds.